The Hall–Kier alpha value is -3.68. The largest absolute Gasteiger partial charge is 0.493 e. The van der Waals surface area contributed by atoms with Gasteiger partial charge in [-0.05, 0) is 75.5 Å². The number of carbonyl (C=O) groups is 1. The van der Waals surface area contributed by atoms with Gasteiger partial charge in [0.2, 0.25) is 0 Å². The summed E-state index contributed by atoms with van der Waals surface area (Å²) in [4.78, 5) is 13.5. The van der Waals surface area contributed by atoms with Crippen LogP contribution in [0.3, 0.4) is 0 Å². The van der Waals surface area contributed by atoms with Crippen LogP contribution in [-0.2, 0) is 22.2 Å². The van der Waals surface area contributed by atoms with Crippen molar-refractivity contribution in [2.45, 2.75) is 44.6 Å². The van der Waals surface area contributed by atoms with E-state index in [4.69, 9.17) is 26.2 Å². The number of halogens is 1. The van der Waals surface area contributed by atoms with Gasteiger partial charge < -0.3 is 19.7 Å². The van der Waals surface area contributed by atoms with Gasteiger partial charge in [0.1, 0.15) is 11.4 Å². The Morgan fingerprint density at radius 3 is 2.02 bits per heavy atom. The topological polar surface area (TPSA) is 79.2 Å². The number of rotatable bonds is 11. The lowest BCUT2D eigenvalue weighted by molar-refractivity contribution is 0.0143. The van der Waals surface area contributed by atoms with Gasteiger partial charge in [0.15, 0.2) is 0 Å². The van der Waals surface area contributed by atoms with Crippen LogP contribution in [0, 0.1) is 0 Å². The molecule has 0 radical (unpaired) electrons. The van der Waals surface area contributed by atoms with Crippen LogP contribution in [0.5, 0.6) is 5.75 Å². The number of hydrogen-bond donors (Lipinski definition) is 2. The number of morpholine rings is 1. The molecule has 1 atom stereocenters. The van der Waals surface area contributed by atoms with Crippen molar-refractivity contribution in [2.75, 3.05) is 39.5 Å². The molecular weight excluding hydrogens is 586 g/mol. The molecule has 4 aromatic rings. The standard InChI is InChI=1S/C38H42ClNO5/c1-37(2,3)31-10-12-32(13-11-31)38(43,19-20-40-21-24-44-25-22-40)33-14-17-35(39)30(26-33)18-23-45-34-15-8-28(9-16-34)27-4-6-29(7-5-27)36(41)42/h4-17,26,43H,18-25H2,1-3H3,(H,41,42)/t38-/m1/s1. The Morgan fingerprint density at radius 1 is 0.844 bits per heavy atom. The Balaban J connectivity index is 1.30. The summed E-state index contributed by atoms with van der Waals surface area (Å²) in [5, 5.41) is 22.2. The molecule has 2 N–H and O–H groups in total. The van der Waals surface area contributed by atoms with Crippen LogP contribution in [0.25, 0.3) is 11.1 Å². The van der Waals surface area contributed by atoms with E-state index in [1.807, 2.05) is 42.5 Å². The van der Waals surface area contributed by atoms with Crippen molar-refractivity contribution in [1.29, 1.82) is 0 Å². The molecule has 4 aromatic carbocycles. The van der Waals surface area contributed by atoms with Gasteiger partial charge in [-0.1, -0.05) is 93.0 Å². The highest BCUT2D eigenvalue weighted by atomic mass is 35.5. The van der Waals surface area contributed by atoms with Gasteiger partial charge in [0.25, 0.3) is 0 Å². The number of ether oxygens (including phenoxy) is 2. The quantitative estimate of drug-likeness (QED) is 0.178. The average molecular weight is 628 g/mol. The molecule has 1 aliphatic rings. The van der Waals surface area contributed by atoms with Crippen molar-refractivity contribution in [3.05, 3.63) is 124 Å². The minimum absolute atomic E-state index is 0.0196. The fourth-order valence-corrected chi connectivity index (χ4v) is 5.91. The van der Waals surface area contributed by atoms with E-state index in [-0.39, 0.29) is 11.0 Å². The summed E-state index contributed by atoms with van der Waals surface area (Å²) in [6, 6.07) is 28.7. The first-order valence-electron chi connectivity index (χ1n) is 15.5. The highest BCUT2D eigenvalue weighted by molar-refractivity contribution is 6.31. The van der Waals surface area contributed by atoms with Gasteiger partial charge >= 0.3 is 5.97 Å². The third-order valence-electron chi connectivity index (χ3n) is 8.60. The minimum Gasteiger partial charge on any atom is -0.493 e. The van der Waals surface area contributed by atoms with Crippen molar-refractivity contribution in [1.82, 2.24) is 4.90 Å². The number of aromatic carboxylic acids is 1. The highest BCUT2D eigenvalue weighted by Crippen LogP contribution is 2.37. The molecule has 0 aromatic heterocycles. The zero-order valence-corrected chi connectivity index (χ0v) is 27.0. The second-order valence-corrected chi connectivity index (χ2v) is 13.1. The molecule has 1 fully saturated rings. The predicted molar refractivity (Wildman–Crippen MR) is 180 cm³/mol. The number of hydrogen-bond acceptors (Lipinski definition) is 5. The summed E-state index contributed by atoms with van der Waals surface area (Å²) in [5.41, 5.74) is 4.82. The molecule has 45 heavy (non-hydrogen) atoms. The van der Waals surface area contributed by atoms with Crippen LogP contribution in [0.4, 0.5) is 0 Å². The maximum absolute atomic E-state index is 12.4. The summed E-state index contributed by atoms with van der Waals surface area (Å²) in [7, 11) is 0. The van der Waals surface area contributed by atoms with Crippen molar-refractivity contribution >= 4 is 17.6 Å². The number of carboxylic acids is 1. The fourth-order valence-electron chi connectivity index (χ4n) is 5.70. The van der Waals surface area contributed by atoms with Crippen LogP contribution in [0.1, 0.15) is 59.8 Å². The van der Waals surface area contributed by atoms with E-state index < -0.39 is 11.6 Å². The SMILES string of the molecule is CC(C)(C)c1ccc([C@](O)(CCN2CCOCC2)c2ccc(Cl)c(CCOc3ccc(-c4ccc(C(=O)O)cc4)cc3)c2)cc1. The second kappa shape index (κ2) is 14.2. The molecular formula is C38H42ClNO5. The van der Waals surface area contributed by atoms with Gasteiger partial charge in [0.05, 0.1) is 25.4 Å². The summed E-state index contributed by atoms with van der Waals surface area (Å²) in [6.45, 7) is 10.9. The Labute approximate surface area is 271 Å². The van der Waals surface area contributed by atoms with E-state index in [2.05, 4.69) is 49.9 Å². The minimum atomic E-state index is -1.19. The molecule has 0 bridgehead atoms. The molecule has 6 nitrogen and oxygen atoms in total. The molecule has 236 valence electrons. The van der Waals surface area contributed by atoms with Gasteiger partial charge in [-0.15, -0.1) is 0 Å². The van der Waals surface area contributed by atoms with Crippen LogP contribution >= 0.6 is 11.6 Å². The summed E-state index contributed by atoms with van der Waals surface area (Å²) in [5.74, 6) is -0.211. The van der Waals surface area contributed by atoms with E-state index in [0.717, 1.165) is 53.2 Å². The zero-order valence-electron chi connectivity index (χ0n) is 26.3. The molecule has 0 saturated carbocycles. The molecule has 0 spiro atoms. The Morgan fingerprint density at radius 2 is 1.42 bits per heavy atom. The van der Waals surface area contributed by atoms with Crippen molar-refractivity contribution in [3.8, 4) is 16.9 Å². The molecule has 0 unspecified atom stereocenters. The fraction of sp³-hybridized carbons (Fsp3) is 0.342. The lowest BCUT2D eigenvalue weighted by atomic mass is 9.80. The van der Waals surface area contributed by atoms with Crippen molar-refractivity contribution < 1.29 is 24.5 Å². The molecule has 1 saturated heterocycles. The summed E-state index contributed by atoms with van der Waals surface area (Å²) >= 11 is 6.67. The third-order valence-corrected chi connectivity index (χ3v) is 8.97. The van der Waals surface area contributed by atoms with Crippen molar-refractivity contribution in [3.63, 3.8) is 0 Å². The average Bonchev–Trinajstić information content (AvgIpc) is 3.05. The maximum Gasteiger partial charge on any atom is 0.335 e. The second-order valence-electron chi connectivity index (χ2n) is 12.7. The maximum atomic E-state index is 12.4. The van der Waals surface area contributed by atoms with Gasteiger partial charge in [-0.25, -0.2) is 4.79 Å². The molecule has 5 rings (SSSR count). The van der Waals surface area contributed by atoms with E-state index in [1.165, 1.54) is 5.56 Å². The van der Waals surface area contributed by atoms with Crippen LogP contribution in [-0.4, -0.2) is 60.5 Å². The van der Waals surface area contributed by atoms with E-state index in [0.29, 0.717) is 37.7 Å². The third kappa shape index (κ3) is 8.13. The molecule has 0 amide bonds. The number of benzene rings is 4. The number of nitrogens with zero attached hydrogens (tertiary/aromatic N) is 1. The first kappa shape index (κ1) is 32.7. The van der Waals surface area contributed by atoms with E-state index in [9.17, 15) is 9.90 Å². The molecule has 1 heterocycles. The normalized spacial score (nSPS) is 15.4. The smallest absolute Gasteiger partial charge is 0.335 e. The lowest BCUT2D eigenvalue weighted by Gasteiger charge is -2.34. The zero-order chi connectivity index (χ0) is 32.0. The highest BCUT2D eigenvalue weighted by Gasteiger charge is 2.33. The molecule has 0 aliphatic carbocycles. The van der Waals surface area contributed by atoms with E-state index >= 15 is 0 Å². The predicted octanol–water partition coefficient (Wildman–Crippen LogP) is 7.58. The van der Waals surface area contributed by atoms with Crippen molar-refractivity contribution in [2.24, 2.45) is 0 Å². The summed E-state index contributed by atoms with van der Waals surface area (Å²) < 4.78 is 11.6. The monoisotopic (exact) mass is 627 g/mol. The number of carboxylic acid groups (broad SMARTS) is 1. The summed E-state index contributed by atoms with van der Waals surface area (Å²) in [6.07, 6.45) is 1.12. The lowest BCUT2D eigenvalue weighted by Crippen LogP contribution is -2.40. The van der Waals surface area contributed by atoms with Gasteiger partial charge in [-0.3, -0.25) is 4.90 Å². The Bertz CT molecular complexity index is 1570. The van der Waals surface area contributed by atoms with E-state index in [1.54, 1.807) is 24.3 Å². The van der Waals surface area contributed by atoms with Crippen LogP contribution in [0.2, 0.25) is 5.02 Å². The van der Waals surface area contributed by atoms with Gasteiger partial charge in [0, 0.05) is 31.1 Å². The molecule has 1 aliphatic heterocycles. The molecule has 7 heteroatoms. The Kier molecular flexibility index (Phi) is 10.3. The number of aliphatic hydroxyl groups is 1. The van der Waals surface area contributed by atoms with Crippen LogP contribution in [0.15, 0.2) is 91.0 Å². The first-order valence-corrected chi connectivity index (χ1v) is 15.9. The van der Waals surface area contributed by atoms with Gasteiger partial charge in [-0.2, -0.15) is 0 Å². The van der Waals surface area contributed by atoms with Crippen LogP contribution < -0.4 is 4.74 Å². The first-order chi connectivity index (χ1) is 21.5.